The molecular formula is C21H20N4O3. The average molecular weight is 376 g/mol. The van der Waals surface area contributed by atoms with Crippen LogP contribution in [0.25, 0.3) is 0 Å². The van der Waals surface area contributed by atoms with Crippen molar-refractivity contribution in [1.82, 2.24) is 14.8 Å². The molecule has 1 N–H and O–H groups in total. The molecule has 1 aliphatic heterocycles. The lowest BCUT2D eigenvalue weighted by molar-refractivity contribution is -0.139. The Morgan fingerprint density at radius 2 is 1.93 bits per heavy atom. The number of ether oxygens (including phenoxy) is 2. The molecule has 1 atom stereocenters. The first-order valence-electron chi connectivity index (χ1n) is 9.04. The van der Waals surface area contributed by atoms with Crippen LogP contribution >= 0.6 is 0 Å². The molecule has 0 spiro atoms. The van der Waals surface area contributed by atoms with Crippen molar-refractivity contribution >= 4 is 11.9 Å². The number of esters is 1. The first-order valence-corrected chi connectivity index (χ1v) is 9.04. The minimum atomic E-state index is -0.461. The van der Waals surface area contributed by atoms with Crippen molar-refractivity contribution < 1.29 is 14.3 Å². The van der Waals surface area contributed by atoms with Gasteiger partial charge in [-0.25, -0.2) is 9.48 Å². The number of hydrogen-bond acceptors (Lipinski definition) is 6. The number of nitrogens with zero attached hydrogens (tertiary/aromatic N) is 3. The smallest absolute Gasteiger partial charge is 0.338 e. The molecule has 7 heteroatoms. The van der Waals surface area contributed by atoms with Crippen molar-refractivity contribution in [3.63, 3.8) is 0 Å². The third-order valence-corrected chi connectivity index (χ3v) is 4.44. The van der Waals surface area contributed by atoms with Gasteiger partial charge >= 0.3 is 5.97 Å². The third kappa shape index (κ3) is 3.34. The van der Waals surface area contributed by atoms with Gasteiger partial charge in [-0.15, -0.1) is 0 Å². The molecule has 0 amide bonds. The van der Waals surface area contributed by atoms with E-state index in [1.54, 1.807) is 11.6 Å². The topological polar surface area (TPSA) is 78.3 Å². The Balaban J connectivity index is 1.75. The van der Waals surface area contributed by atoms with E-state index in [0.717, 1.165) is 11.3 Å². The summed E-state index contributed by atoms with van der Waals surface area (Å²) in [4.78, 5) is 16.9. The normalized spacial score (nSPS) is 15.6. The van der Waals surface area contributed by atoms with E-state index < -0.39 is 6.04 Å². The maximum absolute atomic E-state index is 12.7. The summed E-state index contributed by atoms with van der Waals surface area (Å²) in [6.45, 7) is 3.92. The maximum Gasteiger partial charge on any atom is 0.338 e. The van der Waals surface area contributed by atoms with Crippen molar-refractivity contribution in [3.8, 4) is 11.5 Å². The highest BCUT2D eigenvalue weighted by Gasteiger charge is 2.34. The molecule has 1 aliphatic rings. The molecule has 2 heterocycles. The van der Waals surface area contributed by atoms with Crippen molar-refractivity contribution in [2.45, 2.75) is 19.9 Å². The lowest BCUT2D eigenvalue weighted by Crippen LogP contribution is -2.29. The van der Waals surface area contributed by atoms with Gasteiger partial charge in [0, 0.05) is 5.70 Å². The highest BCUT2D eigenvalue weighted by molar-refractivity contribution is 5.92. The van der Waals surface area contributed by atoms with Gasteiger partial charge < -0.3 is 14.8 Å². The Kier molecular flexibility index (Phi) is 4.80. The van der Waals surface area contributed by atoms with Gasteiger partial charge in [-0.1, -0.05) is 30.3 Å². The first kappa shape index (κ1) is 17.8. The Labute approximate surface area is 162 Å². The molecule has 1 aromatic heterocycles. The standard InChI is InChI=1S/C21H20N4O3/c1-3-27-20(26)18-14(2)24-21-22-13-23-25(21)19(18)15-8-7-11-17(12-15)28-16-9-5-4-6-10-16/h4-13,19H,3H2,1-2H3,(H,22,23,24)/t19-/m1/s1. The van der Waals surface area contributed by atoms with Gasteiger partial charge in [0.25, 0.3) is 0 Å². The van der Waals surface area contributed by atoms with Crippen LogP contribution in [0.2, 0.25) is 0 Å². The summed E-state index contributed by atoms with van der Waals surface area (Å²) in [5.74, 6) is 1.60. The number of allylic oxidation sites excluding steroid dienone is 1. The molecule has 2 aromatic carbocycles. The zero-order valence-electron chi connectivity index (χ0n) is 15.6. The molecule has 0 saturated heterocycles. The van der Waals surface area contributed by atoms with Crippen molar-refractivity contribution in [2.24, 2.45) is 0 Å². The van der Waals surface area contributed by atoms with Crippen LogP contribution in [0.5, 0.6) is 11.5 Å². The van der Waals surface area contributed by atoms with Crippen molar-refractivity contribution in [1.29, 1.82) is 0 Å². The number of carbonyl (C=O) groups is 1. The van der Waals surface area contributed by atoms with E-state index in [2.05, 4.69) is 15.4 Å². The number of rotatable bonds is 5. The van der Waals surface area contributed by atoms with Crippen molar-refractivity contribution in [2.75, 3.05) is 11.9 Å². The molecule has 142 valence electrons. The molecule has 4 rings (SSSR count). The van der Waals surface area contributed by atoms with Gasteiger partial charge in [0.2, 0.25) is 5.95 Å². The predicted molar refractivity (Wildman–Crippen MR) is 104 cm³/mol. The number of benzene rings is 2. The lowest BCUT2D eigenvalue weighted by atomic mass is 9.95. The fourth-order valence-corrected chi connectivity index (χ4v) is 3.25. The molecule has 28 heavy (non-hydrogen) atoms. The van der Waals surface area contributed by atoms with Crippen LogP contribution in [-0.2, 0) is 9.53 Å². The number of nitrogens with one attached hydrogen (secondary N) is 1. The van der Waals surface area contributed by atoms with Gasteiger partial charge in [0.05, 0.1) is 12.2 Å². The molecule has 3 aromatic rings. The summed E-state index contributed by atoms with van der Waals surface area (Å²) in [6.07, 6.45) is 1.46. The van der Waals surface area contributed by atoms with Crippen LogP contribution in [0, 0.1) is 0 Å². The second-order valence-electron chi connectivity index (χ2n) is 6.30. The van der Waals surface area contributed by atoms with Gasteiger partial charge in [-0.3, -0.25) is 0 Å². The van der Waals surface area contributed by atoms with E-state index in [1.165, 1.54) is 6.33 Å². The fourth-order valence-electron chi connectivity index (χ4n) is 3.25. The van der Waals surface area contributed by atoms with Crippen molar-refractivity contribution in [3.05, 3.63) is 77.8 Å². The molecular weight excluding hydrogens is 356 g/mol. The predicted octanol–water partition coefficient (Wildman–Crippen LogP) is 3.92. The van der Waals surface area contributed by atoms with Gasteiger partial charge in [0.15, 0.2) is 0 Å². The minimum absolute atomic E-state index is 0.295. The summed E-state index contributed by atoms with van der Waals surface area (Å²) in [7, 11) is 0. The molecule has 0 aliphatic carbocycles. The second kappa shape index (κ2) is 7.56. The van der Waals surface area contributed by atoms with E-state index in [1.807, 2.05) is 61.5 Å². The van der Waals surface area contributed by atoms with E-state index in [-0.39, 0.29) is 5.97 Å². The Bertz CT molecular complexity index is 1030. The van der Waals surface area contributed by atoms with Crippen LogP contribution in [0.1, 0.15) is 25.5 Å². The maximum atomic E-state index is 12.7. The number of aromatic nitrogens is 3. The highest BCUT2D eigenvalue weighted by Crippen LogP contribution is 2.36. The van der Waals surface area contributed by atoms with Crippen LogP contribution in [0.15, 0.2) is 72.2 Å². The molecule has 0 radical (unpaired) electrons. The number of para-hydroxylation sites is 1. The molecule has 7 nitrogen and oxygen atoms in total. The van der Waals surface area contributed by atoms with Crippen LogP contribution < -0.4 is 10.1 Å². The molecule has 0 bridgehead atoms. The van der Waals surface area contributed by atoms with Crippen LogP contribution in [0.4, 0.5) is 5.95 Å². The number of fused-ring (bicyclic) bond motifs is 1. The first-order chi connectivity index (χ1) is 13.7. The third-order valence-electron chi connectivity index (χ3n) is 4.44. The number of hydrogen-bond donors (Lipinski definition) is 1. The van der Waals surface area contributed by atoms with Crippen LogP contribution in [-0.4, -0.2) is 27.3 Å². The monoisotopic (exact) mass is 376 g/mol. The zero-order valence-corrected chi connectivity index (χ0v) is 15.6. The summed E-state index contributed by atoms with van der Waals surface area (Å²) in [5.41, 5.74) is 2.04. The average Bonchev–Trinajstić information content (AvgIpc) is 3.16. The van der Waals surface area contributed by atoms with E-state index in [4.69, 9.17) is 9.47 Å². The Hall–Kier alpha value is -3.61. The number of anilines is 1. The van der Waals surface area contributed by atoms with E-state index >= 15 is 0 Å². The Morgan fingerprint density at radius 1 is 1.14 bits per heavy atom. The minimum Gasteiger partial charge on any atom is -0.463 e. The highest BCUT2D eigenvalue weighted by atomic mass is 16.5. The Morgan fingerprint density at radius 3 is 2.71 bits per heavy atom. The van der Waals surface area contributed by atoms with E-state index in [9.17, 15) is 4.79 Å². The molecule has 0 fully saturated rings. The summed E-state index contributed by atoms with van der Waals surface area (Å²) < 4.78 is 12.9. The fraction of sp³-hybridized carbons (Fsp3) is 0.190. The molecule has 0 unspecified atom stereocenters. The quantitative estimate of drug-likeness (QED) is 0.680. The van der Waals surface area contributed by atoms with Gasteiger partial charge in [0.1, 0.15) is 23.9 Å². The van der Waals surface area contributed by atoms with Gasteiger partial charge in [-0.05, 0) is 43.7 Å². The SMILES string of the molecule is CCOC(=O)C1=C(C)Nc2ncnn2[C@@H]1c1cccc(Oc2ccccc2)c1. The van der Waals surface area contributed by atoms with Crippen LogP contribution in [0.3, 0.4) is 0 Å². The molecule has 0 saturated carbocycles. The number of carbonyl (C=O) groups excluding carboxylic acids is 1. The van der Waals surface area contributed by atoms with Gasteiger partial charge in [-0.2, -0.15) is 10.1 Å². The summed E-state index contributed by atoms with van der Waals surface area (Å²) >= 11 is 0. The summed E-state index contributed by atoms with van der Waals surface area (Å²) in [5, 5.41) is 7.44. The second-order valence-corrected chi connectivity index (χ2v) is 6.30. The largest absolute Gasteiger partial charge is 0.463 e. The van der Waals surface area contributed by atoms with E-state index in [0.29, 0.717) is 29.6 Å². The lowest BCUT2D eigenvalue weighted by Gasteiger charge is -2.28. The summed E-state index contributed by atoms with van der Waals surface area (Å²) in [6, 6.07) is 16.7. The zero-order chi connectivity index (χ0) is 19.5.